The molecule has 7 heteroatoms. The summed E-state index contributed by atoms with van der Waals surface area (Å²) in [5, 5.41) is -0.504. The van der Waals surface area contributed by atoms with Crippen LogP contribution < -0.4 is 4.72 Å². The van der Waals surface area contributed by atoms with Gasteiger partial charge in [0.25, 0.3) is 5.91 Å². The van der Waals surface area contributed by atoms with Crippen LogP contribution in [0.3, 0.4) is 0 Å². The molecule has 1 heterocycles. The Balaban J connectivity index is 1.57. The van der Waals surface area contributed by atoms with Crippen molar-refractivity contribution in [3.63, 3.8) is 0 Å². The molecule has 1 N–H and O–H groups in total. The van der Waals surface area contributed by atoms with E-state index in [4.69, 9.17) is 0 Å². The average molecular weight is 380 g/mol. The number of carbonyl (C=O) groups excluding carboxylic acids is 1. The molecular formula is C19H25FN2O3S. The van der Waals surface area contributed by atoms with Crippen LogP contribution in [0.15, 0.2) is 12.1 Å². The molecule has 0 unspecified atom stereocenters. The van der Waals surface area contributed by atoms with Crippen LogP contribution in [-0.4, -0.2) is 37.6 Å². The van der Waals surface area contributed by atoms with Gasteiger partial charge in [-0.05, 0) is 80.8 Å². The molecule has 142 valence electrons. The molecule has 0 aromatic heterocycles. The molecule has 26 heavy (non-hydrogen) atoms. The Morgan fingerprint density at radius 3 is 2.42 bits per heavy atom. The van der Waals surface area contributed by atoms with E-state index in [2.05, 4.69) is 4.90 Å². The van der Waals surface area contributed by atoms with E-state index in [9.17, 15) is 17.6 Å². The standard InChI is InChI=1S/C19H25FN2O3S/c20-18-10-14(12-22-8-2-1-3-9-22)16(13-4-5-13)11-17(18)19(23)21-26(24,25)15-6-7-15/h10-11,13,15H,1-9,12H2,(H,21,23). The van der Waals surface area contributed by atoms with Gasteiger partial charge in [0, 0.05) is 6.54 Å². The van der Waals surface area contributed by atoms with Crippen molar-refractivity contribution in [2.24, 2.45) is 0 Å². The Kier molecular flexibility index (Phi) is 4.77. The summed E-state index contributed by atoms with van der Waals surface area (Å²) in [6, 6.07) is 3.03. The zero-order chi connectivity index (χ0) is 18.3. The van der Waals surface area contributed by atoms with Crippen LogP contribution >= 0.6 is 0 Å². The van der Waals surface area contributed by atoms with Gasteiger partial charge in [-0.1, -0.05) is 6.42 Å². The first kappa shape index (κ1) is 17.9. The maximum absolute atomic E-state index is 14.6. The average Bonchev–Trinajstić information content (AvgIpc) is 3.48. The van der Waals surface area contributed by atoms with Gasteiger partial charge in [0.1, 0.15) is 5.82 Å². The molecular weight excluding hydrogens is 355 g/mol. The summed E-state index contributed by atoms with van der Waals surface area (Å²) in [5.74, 6) is -1.12. The number of carbonyl (C=O) groups is 1. The molecule has 0 spiro atoms. The van der Waals surface area contributed by atoms with Crippen molar-refractivity contribution in [2.45, 2.75) is 62.7 Å². The highest BCUT2D eigenvalue weighted by Gasteiger charge is 2.37. The van der Waals surface area contributed by atoms with Crippen LogP contribution in [0.25, 0.3) is 0 Å². The van der Waals surface area contributed by atoms with Gasteiger partial charge in [-0.25, -0.2) is 17.5 Å². The first-order valence-electron chi connectivity index (χ1n) is 9.54. The number of rotatable bonds is 6. The molecule has 0 atom stereocenters. The number of likely N-dealkylation sites (tertiary alicyclic amines) is 1. The Morgan fingerprint density at radius 2 is 1.81 bits per heavy atom. The highest BCUT2D eigenvalue weighted by Crippen LogP contribution is 2.43. The third-order valence-electron chi connectivity index (χ3n) is 5.53. The minimum atomic E-state index is -3.68. The van der Waals surface area contributed by atoms with E-state index < -0.39 is 27.0 Å². The quantitative estimate of drug-likeness (QED) is 0.824. The molecule has 1 aliphatic heterocycles. The fourth-order valence-corrected chi connectivity index (χ4v) is 5.01. The largest absolute Gasteiger partial charge is 0.299 e. The van der Waals surface area contributed by atoms with Gasteiger partial charge in [-0.3, -0.25) is 9.69 Å². The smallest absolute Gasteiger partial charge is 0.267 e. The topological polar surface area (TPSA) is 66.5 Å². The molecule has 2 aliphatic carbocycles. The van der Waals surface area contributed by atoms with Gasteiger partial charge < -0.3 is 0 Å². The summed E-state index contributed by atoms with van der Waals surface area (Å²) < 4.78 is 40.7. The summed E-state index contributed by atoms with van der Waals surface area (Å²) in [6.45, 7) is 2.74. The summed E-state index contributed by atoms with van der Waals surface area (Å²) in [5.41, 5.74) is 1.79. The van der Waals surface area contributed by atoms with Gasteiger partial charge in [-0.2, -0.15) is 0 Å². The number of nitrogens with one attached hydrogen (secondary N) is 1. The maximum Gasteiger partial charge on any atom is 0.267 e. The second-order valence-corrected chi connectivity index (χ2v) is 9.78. The predicted molar refractivity (Wildman–Crippen MR) is 96.9 cm³/mol. The fourth-order valence-electron chi connectivity index (χ4n) is 3.72. The lowest BCUT2D eigenvalue weighted by atomic mass is 9.98. The van der Waals surface area contributed by atoms with E-state index in [1.54, 1.807) is 6.07 Å². The lowest BCUT2D eigenvalue weighted by Crippen LogP contribution is -2.34. The highest BCUT2D eigenvalue weighted by atomic mass is 32.2. The molecule has 5 nitrogen and oxygen atoms in total. The SMILES string of the molecule is O=C(NS(=O)(=O)C1CC1)c1cc(C2CC2)c(CN2CCCCC2)cc1F. The molecule has 0 radical (unpaired) electrons. The first-order chi connectivity index (χ1) is 12.4. The fraction of sp³-hybridized carbons (Fsp3) is 0.632. The van der Waals surface area contributed by atoms with Crippen molar-refractivity contribution in [2.75, 3.05) is 13.1 Å². The number of hydrogen-bond donors (Lipinski definition) is 1. The van der Waals surface area contributed by atoms with Gasteiger partial charge in [0.15, 0.2) is 0 Å². The van der Waals surface area contributed by atoms with E-state index >= 15 is 0 Å². The number of hydrogen-bond acceptors (Lipinski definition) is 4. The number of sulfonamides is 1. The molecule has 1 amide bonds. The normalized spacial score (nSPS) is 21.6. The third kappa shape index (κ3) is 3.93. The molecule has 0 bridgehead atoms. The molecule has 1 saturated heterocycles. The van der Waals surface area contributed by atoms with E-state index in [0.717, 1.165) is 37.1 Å². The predicted octanol–water partition coefficient (Wildman–Crippen LogP) is 2.91. The van der Waals surface area contributed by atoms with Crippen molar-refractivity contribution in [1.82, 2.24) is 9.62 Å². The molecule has 3 fully saturated rings. The van der Waals surface area contributed by atoms with Crippen molar-refractivity contribution >= 4 is 15.9 Å². The van der Waals surface area contributed by atoms with Gasteiger partial charge in [-0.15, -0.1) is 0 Å². The monoisotopic (exact) mass is 380 g/mol. The zero-order valence-electron chi connectivity index (χ0n) is 14.8. The minimum Gasteiger partial charge on any atom is -0.299 e. The first-order valence-corrected chi connectivity index (χ1v) is 11.1. The van der Waals surface area contributed by atoms with E-state index in [1.807, 2.05) is 4.72 Å². The molecule has 1 aromatic rings. The zero-order valence-corrected chi connectivity index (χ0v) is 15.7. The number of benzene rings is 1. The van der Waals surface area contributed by atoms with Crippen LogP contribution in [-0.2, 0) is 16.6 Å². The van der Waals surface area contributed by atoms with Crippen LogP contribution in [0.1, 0.15) is 72.3 Å². The van der Waals surface area contributed by atoms with Crippen molar-refractivity contribution in [3.8, 4) is 0 Å². The maximum atomic E-state index is 14.6. The second kappa shape index (κ2) is 6.93. The number of nitrogens with zero attached hydrogens (tertiary/aromatic N) is 1. The summed E-state index contributed by atoms with van der Waals surface area (Å²) in [7, 11) is -3.68. The minimum absolute atomic E-state index is 0.154. The Morgan fingerprint density at radius 1 is 1.12 bits per heavy atom. The van der Waals surface area contributed by atoms with E-state index in [1.165, 1.54) is 25.3 Å². The van der Waals surface area contributed by atoms with Crippen LogP contribution in [0.5, 0.6) is 0 Å². The van der Waals surface area contributed by atoms with Crippen molar-refractivity contribution < 1.29 is 17.6 Å². The van der Waals surface area contributed by atoms with Gasteiger partial charge in [0.2, 0.25) is 10.0 Å². The molecule has 4 rings (SSSR count). The third-order valence-corrected chi connectivity index (χ3v) is 7.35. The summed E-state index contributed by atoms with van der Waals surface area (Å²) in [6.07, 6.45) is 6.79. The molecule has 3 aliphatic rings. The molecule has 1 aromatic carbocycles. The van der Waals surface area contributed by atoms with Crippen LogP contribution in [0.2, 0.25) is 0 Å². The summed E-state index contributed by atoms with van der Waals surface area (Å²) >= 11 is 0. The van der Waals surface area contributed by atoms with Crippen LogP contribution in [0, 0.1) is 5.82 Å². The Hall–Kier alpha value is -1.47. The van der Waals surface area contributed by atoms with Gasteiger partial charge >= 0.3 is 0 Å². The summed E-state index contributed by atoms with van der Waals surface area (Å²) in [4.78, 5) is 14.7. The van der Waals surface area contributed by atoms with E-state index in [0.29, 0.717) is 25.3 Å². The van der Waals surface area contributed by atoms with E-state index in [-0.39, 0.29) is 5.56 Å². The van der Waals surface area contributed by atoms with Crippen LogP contribution in [0.4, 0.5) is 4.39 Å². The second-order valence-electron chi connectivity index (χ2n) is 7.82. The Bertz CT molecular complexity index is 810. The lowest BCUT2D eigenvalue weighted by Gasteiger charge is -2.27. The number of piperidine rings is 1. The Labute approximate surface area is 154 Å². The van der Waals surface area contributed by atoms with Crippen molar-refractivity contribution in [3.05, 3.63) is 34.6 Å². The van der Waals surface area contributed by atoms with Gasteiger partial charge in [0.05, 0.1) is 10.8 Å². The van der Waals surface area contributed by atoms with Crippen molar-refractivity contribution in [1.29, 1.82) is 0 Å². The number of amides is 1. The lowest BCUT2D eigenvalue weighted by molar-refractivity contribution is 0.0977. The number of halogens is 1. The molecule has 2 saturated carbocycles. The highest BCUT2D eigenvalue weighted by molar-refractivity contribution is 7.91.